The molecule has 1 aliphatic heterocycles. The molecule has 0 aromatic carbocycles. The van der Waals surface area contributed by atoms with E-state index in [9.17, 15) is 8.42 Å². The smallest absolute Gasteiger partial charge is 0.153 e. The average molecular weight is 258 g/mol. The molecule has 2 N–H and O–H groups in total. The zero-order valence-electron chi connectivity index (χ0n) is 10.2. The molecule has 1 fully saturated rings. The van der Waals surface area contributed by atoms with E-state index in [2.05, 4.69) is 5.10 Å². The van der Waals surface area contributed by atoms with Gasteiger partial charge in [0.05, 0.1) is 22.9 Å². The molecular formula is C10H18N4O2S. The number of nitrogen functional groups attached to an aromatic ring is 1. The summed E-state index contributed by atoms with van der Waals surface area (Å²) in [7, 11) is -1.02. The highest BCUT2D eigenvalue weighted by molar-refractivity contribution is 7.91. The van der Waals surface area contributed by atoms with Crippen LogP contribution in [0.1, 0.15) is 12.6 Å². The molecule has 0 spiro atoms. The quantitative estimate of drug-likeness (QED) is 0.794. The van der Waals surface area contributed by atoms with Crippen LogP contribution in [0.3, 0.4) is 0 Å². The molecule has 0 aliphatic carbocycles. The van der Waals surface area contributed by atoms with Crippen LogP contribution < -0.4 is 10.6 Å². The Labute approximate surface area is 101 Å². The van der Waals surface area contributed by atoms with Crippen molar-refractivity contribution >= 4 is 21.3 Å². The molecule has 2 rings (SSSR count). The Hall–Kier alpha value is -1.24. The van der Waals surface area contributed by atoms with Crippen LogP contribution in [0.4, 0.5) is 11.5 Å². The minimum atomic E-state index is -2.86. The highest BCUT2D eigenvalue weighted by Crippen LogP contribution is 2.27. The van der Waals surface area contributed by atoms with Crippen molar-refractivity contribution < 1.29 is 8.42 Å². The van der Waals surface area contributed by atoms with Crippen molar-refractivity contribution in [1.82, 2.24) is 9.78 Å². The molecule has 17 heavy (non-hydrogen) atoms. The number of aromatic nitrogens is 2. The van der Waals surface area contributed by atoms with E-state index in [1.54, 1.807) is 4.68 Å². The summed E-state index contributed by atoms with van der Waals surface area (Å²) in [5.41, 5.74) is 7.59. The Morgan fingerprint density at radius 3 is 2.41 bits per heavy atom. The average Bonchev–Trinajstić information content (AvgIpc) is 2.55. The van der Waals surface area contributed by atoms with Gasteiger partial charge in [0.25, 0.3) is 0 Å². The van der Waals surface area contributed by atoms with Gasteiger partial charge in [-0.25, -0.2) is 8.42 Å². The zero-order chi connectivity index (χ0) is 12.6. The lowest BCUT2D eigenvalue weighted by Crippen LogP contribution is -2.41. The number of hydrogen-bond acceptors (Lipinski definition) is 5. The van der Waals surface area contributed by atoms with Crippen LogP contribution in [0.15, 0.2) is 0 Å². The normalized spacial score (nSPS) is 19.5. The first-order valence-corrected chi connectivity index (χ1v) is 7.53. The van der Waals surface area contributed by atoms with Crippen LogP contribution in [0.5, 0.6) is 0 Å². The fraction of sp³-hybridized carbons (Fsp3) is 0.700. The molecule has 0 unspecified atom stereocenters. The van der Waals surface area contributed by atoms with Gasteiger partial charge in [-0.05, 0) is 6.42 Å². The van der Waals surface area contributed by atoms with Gasteiger partial charge in [-0.2, -0.15) is 5.10 Å². The van der Waals surface area contributed by atoms with E-state index in [1.807, 2.05) is 18.9 Å². The van der Waals surface area contributed by atoms with Crippen molar-refractivity contribution in [2.75, 3.05) is 35.2 Å². The Bertz CT molecular complexity index is 507. The monoisotopic (exact) mass is 258 g/mol. The highest BCUT2D eigenvalue weighted by atomic mass is 32.2. The summed E-state index contributed by atoms with van der Waals surface area (Å²) in [6.07, 6.45) is 0.784. The second-order valence-corrected chi connectivity index (χ2v) is 6.60. The van der Waals surface area contributed by atoms with Gasteiger partial charge in [0.2, 0.25) is 0 Å². The fourth-order valence-electron chi connectivity index (χ4n) is 2.15. The number of nitrogens with zero attached hydrogens (tertiary/aromatic N) is 3. The molecule has 96 valence electrons. The molecule has 1 aromatic heterocycles. The van der Waals surface area contributed by atoms with Gasteiger partial charge in [-0.15, -0.1) is 0 Å². The number of hydrogen-bond donors (Lipinski definition) is 1. The maximum Gasteiger partial charge on any atom is 0.153 e. The Morgan fingerprint density at radius 2 is 1.94 bits per heavy atom. The van der Waals surface area contributed by atoms with Gasteiger partial charge in [-0.3, -0.25) is 4.68 Å². The van der Waals surface area contributed by atoms with Gasteiger partial charge in [0.1, 0.15) is 5.82 Å². The molecule has 2 heterocycles. The summed E-state index contributed by atoms with van der Waals surface area (Å²) in [6, 6.07) is 0. The van der Waals surface area contributed by atoms with Crippen LogP contribution in [0.25, 0.3) is 0 Å². The third-order valence-corrected chi connectivity index (χ3v) is 4.72. The molecule has 1 aliphatic rings. The maximum atomic E-state index is 11.4. The zero-order valence-corrected chi connectivity index (χ0v) is 11.0. The van der Waals surface area contributed by atoms with Gasteiger partial charge >= 0.3 is 0 Å². The minimum absolute atomic E-state index is 0.194. The van der Waals surface area contributed by atoms with Crippen molar-refractivity contribution in [3.63, 3.8) is 0 Å². The maximum absolute atomic E-state index is 11.4. The predicted octanol–water partition coefficient (Wildman–Crippen LogP) is -0.200. The third-order valence-electron chi connectivity index (χ3n) is 3.11. The molecule has 0 atom stereocenters. The first-order chi connectivity index (χ1) is 7.94. The van der Waals surface area contributed by atoms with Crippen LogP contribution >= 0.6 is 0 Å². The van der Waals surface area contributed by atoms with E-state index in [1.165, 1.54) is 0 Å². The van der Waals surface area contributed by atoms with Gasteiger partial charge in [-0.1, -0.05) is 6.92 Å². The van der Waals surface area contributed by atoms with Crippen LogP contribution in [-0.2, 0) is 23.3 Å². The number of anilines is 2. The van der Waals surface area contributed by atoms with E-state index >= 15 is 0 Å². The third kappa shape index (κ3) is 2.24. The summed E-state index contributed by atoms with van der Waals surface area (Å²) in [6.45, 7) is 2.99. The molecule has 0 amide bonds. The number of nitrogens with two attached hydrogens (primary N) is 1. The van der Waals surface area contributed by atoms with Gasteiger partial charge in [0.15, 0.2) is 9.84 Å². The van der Waals surface area contributed by atoms with E-state index in [0.717, 1.165) is 17.9 Å². The molecule has 0 radical (unpaired) electrons. The topological polar surface area (TPSA) is 81.2 Å². The standard InChI is InChI=1S/C10H18N4O2S/c1-3-8-9(11)10(13(2)12-8)14-4-6-17(15,16)7-5-14/h3-7,11H2,1-2H3. The summed E-state index contributed by atoms with van der Waals surface area (Å²) < 4.78 is 24.5. The second kappa shape index (κ2) is 4.21. The van der Waals surface area contributed by atoms with Gasteiger partial charge < -0.3 is 10.6 Å². The molecule has 6 nitrogen and oxygen atoms in total. The summed E-state index contributed by atoms with van der Waals surface area (Å²) in [5.74, 6) is 1.23. The van der Waals surface area contributed by atoms with E-state index in [-0.39, 0.29) is 11.5 Å². The SMILES string of the molecule is CCc1nn(C)c(N2CCS(=O)(=O)CC2)c1N. The first-order valence-electron chi connectivity index (χ1n) is 5.71. The summed E-state index contributed by atoms with van der Waals surface area (Å²) >= 11 is 0. The van der Waals surface area contributed by atoms with Crippen LogP contribution in [0.2, 0.25) is 0 Å². The second-order valence-electron chi connectivity index (χ2n) is 4.30. The molecule has 1 saturated heterocycles. The lowest BCUT2D eigenvalue weighted by atomic mass is 10.3. The highest BCUT2D eigenvalue weighted by Gasteiger charge is 2.26. The first kappa shape index (κ1) is 12.2. The van der Waals surface area contributed by atoms with Crippen molar-refractivity contribution in [2.45, 2.75) is 13.3 Å². The van der Waals surface area contributed by atoms with Crippen molar-refractivity contribution in [2.24, 2.45) is 7.05 Å². The Kier molecular flexibility index (Phi) is 3.03. The Morgan fingerprint density at radius 1 is 1.35 bits per heavy atom. The van der Waals surface area contributed by atoms with Crippen molar-refractivity contribution in [1.29, 1.82) is 0 Å². The molecular weight excluding hydrogens is 240 g/mol. The Balaban J connectivity index is 2.27. The fourth-order valence-corrected chi connectivity index (χ4v) is 3.35. The molecule has 1 aromatic rings. The number of sulfone groups is 1. The minimum Gasteiger partial charge on any atom is -0.394 e. The van der Waals surface area contributed by atoms with E-state index in [4.69, 9.17) is 5.73 Å². The summed E-state index contributed by atoms with van der Waals surface area (Å²) in [5, 5.41) is 4.34. The number of aryl methyl sites for hydroxylation is 2. The molecule has 0 bridgehead atoms. The summed E-state index contributed by atoms with van der Waals surface area (Å²) in [4.78, 5) is 2.00. The molecule has 0 saturated carbocycles. The van der Waals surface area contributed by atoms with Crippen molar-refractivity contribution in [3.8, 4) is 0 Å². The van der Waals surface area contributed by atoms with Crippen molar-refractivity contribution in [3.05, 3.63) is 5.69 Å². The van der Waals surface area contributed by atoms with Crippen LogP contribution in [0, 0.1) is 0 Å². The van der Waals surface area contributed by atoms with Gasteiger partial charge in [0, 0.05) is 20.1 Å². The predicted molar refractivity (Wildman–Crippen MR) is 67.9 cm³/mol. The lowest BCUT2D eigenvalue weighted by Gasteiger charge is -2.28. The lowest BCUT2D eigenvalue weighted by molar-refractivity contribution is 0.584. The number of rotatable bonds is 2. The molecule has 7 heteroatoms. The van der Waals surface area contributed by atoms with E-state index < -0.39 is 9.84 Å². The largest absolute Gasteiger partial charge is 0.394 e. The van der Waals surface area contributed by atoms with E-state index in [0.29, 0.717) is 18.8 Å². The van der Waals surface area contributed by atoms with Crippen LogP contribution in [-0.4, -0.2) is 42.8 Å².